The van der Waals surface area contributed by atoms with Gasteiger partial charge in [-0.1, -0.05) is 35.3 Å². The van der Waals surface area contributed by atoms with Crippen LogP contribution in [-0.4, -0.2) is 4.98 Å². The summed E-state index contributed by atoms with van der Waals surface area (Å²) in [4.78, 5) is 4.22. The number of rotatable bonds is 3. The van der Waals surface area contributed by atoms with Crippen LogP contribution >= 0.6 is 23.2 Å². The highest BCUT2D eigenvalue weighted by molar-refractivity contribution is 6.35. The minimum atomic E-state index is -0.200. The number of pyridine rings is 1. The van der Waals surface area contributed by atoms with Gasteiger partial charge in [0.25, 0.3) is 0 Å². The predicted molar refractivity (Wildman–Crippen MR) is 71.3 cm³/mol. The highest BCUT2D eigenvalue weighted by Crippen LogP contribution is 2.27. The first-order valence-electron chi connectivity index (χ1n) is 5.28. The van der Waals surface area contributed by atoms with E-state index in [0.717, 1.165) is 11.3 Å². The predicted octanol–water partition coefficient (Wildman–Crippen LogP) is 3.63. The van der Waals surface area contributed by atoms with Gasteiger partial charge in [0.05, 0.1) is 11.7 Å². The van der Waals surface area contributed by atoms with E-state index >= 15 is 0 Å². The molecule has 0 aliphatic carbocycles. The van der Waals surface area contributed by atoms with E-state index in [2.05, 4.69) is 4.98 Å². The van der Waals surface area contributed by atoms with Crippen molar-refractivity contribution < 1.29 is 0 Å². The quantitative estimate of drug-likeness (QED) is 0.922. The zero-order valence-electron chi connectivity index (χ0n) is 9.11. The molecule has 88 valence electrons. The Morgan fingerprint density at radius 1 is 1.06 bits per heavy atom. The van der Waals surface area contributed by atoms with Gasteiger partial charge in [-0.05, 0) is 36.2 Å². The highest BCUT2D eigenvalue weighted by Gasteiger charge is 2.12. The maximum Gasteiger partial charge on any atom is 0.0574 e. The number of hydrogen-bond donors (Lipinski definition) is 1. The first-order valence-corrected chi connectivity index (χ1v) is 6.03. The Balaban J connectivity index is 2.22. The molecule has 17 heavy (non-hydrogen) atoms. The molecule has 0 spiro atoms. The monoisotopic (exact) mass is 266 g/mol. The van der Waals surface area contributed by atoms with E-state index in [4.69, 9.17) is 28.9 Å². The number of benzene rings is 1. The van der Waals surface area contributed by atoms with Crippen LogP contribution in [0.15, 0.2) is 42.6 Å². The summed E-state index contributed by atoms with van der Waals surface area (Å²) < 4.78 is 0. The second-order valence-corrected chi connectivity index (χ2v) is 4.58. The van der Waals surface area contributed by atoms with Crippen molar-refractivity contribution >= 4 is 23.2 Å². The van der Waals surface area contributed by atoms with Gasteiger partial charge in [0, 0.05) is 16.2 Å². The lowest BCUT2D eigenvalue weighted by atomic mass is 10.0. The molecule has 2 N–H and O–H groups in total. The molecular weight excluding hydrogens is 255 g/mol. The molecule has 0 amide bonds. The highest BCUT2D eigenvalue weighted by atomic mass is 35.5. The van der Waals surface area contributed by atoms with Gasteiger partial charge >= 0.3 is 0 Å². The third-order valence-electron chi connectivity index (χ3n) is 2.55. The fraction of sp³-hybridized carbons (Fsp3) is 0.154. The molecule has 0 saturated carbocycles. The molecular formula is C13H12Cl2N2. The molecule has 1 aromatic heterocycles. The molecule has 2 rings (SSSR count). The van der Waals surface area contributed by atoms with Gasteiger partial charge in [0.15, 0.2) is 0 Å². The van der Waals surface area contributed by atoms with Crippen LogP contribution in [0.5, 0.6) is 0 Å². The molecule has 2 aromatic rings. The Bertz CT molecular complexity index is 480. The molecule has 0 aliphatic rings. The van der Waals surface area contributed by atoms with E-state index < -0.39 is 0 Å². The molecule has 0 aliphatic heterocycles. The summed E-state index contributed by atoms with van der Waals surface area (Å²) in [6.07, 6.45) is 2.30. The largest absolute Gasteiger partial charge is 0.322 e. The standard InChI is InChI=1S/C13H12Cl2N2/c14-10-4-3-5-11(15)9(10)8-12(16)13-6-1-2-7-17-13/h1-7,12H,8,16H2. The number of halogens is 2. The van der Waals surface area contributed by atoms with Crippen LogP contribution in [0.25, 0.3) is 0 Å². The van der Waals surface area contributed by atoms with Crippen LogP contribution < -0.4 is 5.73 Å². The normalized spacial score (nSPS) is 12.4. The van der Waals surface area contributed by atoms with Crippen LogP contribution in [0.3, 0.4) is 0 Å². The Kier molecular flexibility index (Phi) is 4.00. The van der Waals surface area contributed by atoms with E-state index in [1.54, 1.807) is 6.20 Å². The van der Waals surface area contributed by atoms with Crippen molar-refractivity contribution in [3.8, 4) is 0 Å². The summed E-state index contributed by atoms with van der Waals surface area (Å²) in [5.74, 6) is 0. The van der Waals surface area contributed by atoms with Crippen molar-refractivity contribution in [2.45, 2.75) is 12.5 Å². The van der Waals surface area contributed by atoms with E-state index in [9.17, 15) is 0 Å². The molecule has 1 atom stereocenters. The van der Waals surface area contributed by atoms with E-state index in [1.807, 2.05) is 36.4 Å². The molecule has 1 heterocycles. The Morgan fingerprint density at radius 3 is 2.35 bits per heavy atom. The van der Waals surface area contributed by atoms with E-state index in [0.29, 0.717) is 16.5 Å². The summed E-state index contributed by atoms with van der Waals surface area (Å²) in [6, 6.07) is 10.9. The fourth-order valence-corrected chi connectivity index (χ4v) is 2.20. The third-order valence-corrected chi connectivity index (χ3v) is 3.26. The molecule has 4 heteroatoms. The summed E-state index contributed by atoms with van der Waals surface area (Å²) in [5, 5.41) is 1.28. The lowest BCUT2D eigenvalue weighted by molar-refractivity contribution is 0.697. The van der Waals surface area contributed by atoms with Crippen LogP contribution in [0.4, 0.5) is 0 Å². The summed E-state index contributed by atoms with van der Waals surface area (Å²) in [7, 11) is 0. The fourth-order valence-electron chi connectivity index (χ4n) is 1.65. The molecule has 0 bridgehead atoms. The van der Waals surface area contributed by atoms with Gasteiger partial charge in [0.2, 0.25) is 0 Å². The zero-order valence-corrected chi connectivity index (χ0v) is 10.6. The topological polar surface area (TPSA) is 38.9 Å². The van der Waals surface area contributed by atoms with Gasteiger partial charge in [-0.25, -0.2) is 0 Å². The maximum atomic E-state index is 6.10. The Hall–Kier alpha value is -1.09. The van der Waals surface area contributed by atoms with Crippen molar-refractivity contribution in [2.75, 3.05) is 0 Å². The summed E-state index contributed by atoms with van der Waals surface area (Å²) in [6.45, 7) is 0. The minimum Gasteiger partial charge on any atom is -0.322 e. The second-order valence-electron chi connectivity index (χ2n) is 3.77. The number of aromatic nitrogens is 1. The van der Waals surface area contributed by atoms with Crippen molar-refractivity contribution in [1.29, 1.82) is 0 Å². The second kappa shape index (κ2) is 5.50. The molecule has 1 aromatic carbocycles. The number of nitrogens with two attached hydrogens (primary N) is 1. The lowest BCUT2D eigenvalue weighted by Gasteiger charge is -2.13. The van der Waals surface area contributed by atoms with Gasteiger partial charge < -0.3 is 5.73 Å². The van der Waals surface area contributed by atoms with Crippen molar-refractivity contribution in [3.63, 3.8) is 0 Å². The van der Waals surface area contributed by atoms with Gasteiger partial charge in [-0.2, -0.15) is 0 Å². The summed E-state index contributed by atoms with van der Waals surface area (Å²) >= 11 is 12.2. The number of hydrogen-bond acceptors (Lipinski definition) is 2. The minimum absolute atomic E-state index is 0.200. The zero-order chi connectivity index (χ0) is 12.3. The molecule has 2 nitrogen and oxygen atoms in total. The Labute approximate surface area is 110 Å². The lowest BCUT2D eigenvalue weighted by Crippen LogP contribution is -2.15. The van der Waals surface area contributed by atoms with Gasteiger partial charge in [-0.15, -0.1) is 0 Å². The SMILES string of the molecule is NC(Cc1c(Cl)cccc1Cl)c1ccccn1. The summed E-state index contributed by atoms with van der Waals surface area (Å²) in [5.41, 5.74) is 7.79. The Morgan fingerprint density at radius 2 is 1.76 bits per heavy atom. The van der Waals surface area contributed by atoms with Gasteiger partial charge in [-0.3, -0.25) is 4.98 Å². The van der Waals surface area contributed by atoms with Crippen molar-refractivity contribution in [1.82, 2.24) is 4.98 Å². The van der Waals surface area contributed by atoms with Crippen molar-refractivity contribution in [2.24, 2.45) is 5.73 Å². The van der Waals surface area contributed by atoms with Gasteiger partial charge in [0.1, 0.15) is 0 Å². The molecule has 0 saturated heterocycles. The third kappa shape index (κ3) is 2.97. The molecule has 0 radical (unpaired) electrons. The van der Waals surface area contributed by atoms with Crippen LogP contribution in [0.2, 0.25) is 10.0 Å². The molecule has 0 fully saturated rings. The first kappa shape index (κ1) is 12.4. The van der Waals surface area contributed by atoms with Crippen LogP contribution in [-0.2, 0) is 6.42 Å². The number of nitrogens with zero attached hydrogens (tertiary/aromatic N) is 1. The smallest absolute Gasteiger partial charge is 0.0574 e. The average molecular weight is 267 g/mol. The van der Waals surface area contributed by atoms with E-state index in [1.165, 1.54) is 0 Å². The average Bonchev–Trinajstić information content (AvgIpc) is 2.35. The van der Waals surface area contributed by atoms with Crippen molar-refractivity contribution in [3.05, 3.63) is 63.9 Å². The van der Waals surface area contributed by atoms with Crippen LogP contribution in [0, 0.1) is 0 Å². The van der Waals surface area contributed by atoms with Crippen LogP contribution in [0.1, 0.15) is 17.3 Å². The first-order chi connectivity index (χ1) is 8.18. The maximum absolute atomic E-state index is 6.10. The van der Waals surface area contributed by atoms with E-state index in [-0.39, 0.29) is 6.04 Å². The molecule has 1 unspecified atom stereocenters.